The van der Waals surface area contributed by atoms with Gasteiger partial charge in [0, 0.05) is 31.5 Å². The van der Waals surface area contributed by atoms with Crippen molar-refractivity contribution >= 4 is 17.5 Å². The number of benzene rings is 2. The van der Waals surface area contributed by atoms with Crippen molar-refractivity contribution in [3.63, 3.8) is 0 Å². The van der Waals surface area contributed by atoms with E-state index in [2.05, 4.69) is 16.0 Å². The second-order valence-corrected chi connectivity index (χ2v) is 7.57. The molecule has 8 nitrogen and oxygen atoms in total. The van der Waals surface area contributed by atoms with Gasteiger partial charge in [-0.25, -0.2) is 9.37 Å². The Morgan fingerprint density at radius 3 is 2.55 bits per heavy atom. The van der Waals surface area contributed by atoms with Crippen molar-refractivity contribution in [2.75, 3.05) is 37.7 Å². The predicted octanol–water partition coefficient (Wildman–Crippen LogP) is 2.32. The lowest BCUT2D eigenvalue weighted by Gasteiger charge is -2.23. The highest BCUT2D eigenvalue weighted by Crippen LogP contribution is 2.33. The van der Waals surface area contributed by atoms with E-state index in [0.717, 1.165) is 12.1 Å². The molecule has 0 saturated heterocycles. The highest BCUT2D eigenvalue weighted by Gasteiger charge is 2.26. The second-order valence-electron chi connectivity index (χ2n) is 7.57. The molecule has 33 heavy (non-hydrogen) atoms. The van der Waals surface area contributed by atoms with Crippen LogP contribution in [0.1, 0.15) is 21.5 Å². The second kappa shape index (κ2) is 10.4. The molecule has 1 amide bonds. The van der Waals surface area contributed by atoms with Crippen LogP contribution in [-0.2, 0) is 13.0 Å². The topological polar surface area (TPSA) is 99.0 Å². The lowest BCUT2D eigenvalue weighted by atomic mass is 10.2. The summed E-state index contributed by atoms with van der Waals surface area (Å²) >= 11 is 0. The predicted molar refractivity (Wildman–Crippen MR) is 120 cm³/mol. The molecule has 0 unspecified atom stereocenters. The van der Waals surface area contributed by atoms with Gasteiger partial charge in [-0.3, -0.25) is 4.79 Å². The van der Waals surface area contributed by atoms with E-state index >= 15 is 0 Å². The van der Waals surface area contributed by atoms with Crippen molar-refractivity contribution in [3.05, 3.63) is 77.2 Å². The third-order valence-corrected chi connectivity index (χ3v) is 5.42. The maximum absolute atomic E-state index is 13.2. The number of aliphatic hydroxyl groups is 2. The van der Waals surface area contributed by atoms with Crippen LogP contribution in [0, 0.1) is 5.82 Å². The lowest BCUT2D eigenvalue weighted by molar-refractivity contribution is 0.0678. The van der Waals surface area contributed by atoms with E-state index in [1.807, 2.05) is 23.1 Å². The largest absolute Gasteiger partial charge is 0.472 e. The van der Waals surface area contributed by atoms with Gasteiger partial charge in [0.05, 0.1) is 13.2 Å². The molecule has 172 valence electrons. The minimum Gasteiger partial charge on any atom is -0.472 e. The molecule has 2 heterocycles. The Kier molecular flexibility index (Phi) is 7.11. The van der Waals surface area contributed by atoms with Crippen LogP contribution < -0.4 is 9.64 Å². The van der Waals surface area contributed by atoms with Gasteiger partial charge in [-0.15, -0.1) is 0 Å². The van der Waals surface area contributed by atoms with Gasteiger partial charge < -0.3 is 24.7 Å². The van der Waals surface area contributed by atoms with E-state index < -0.39 is 5.91 Å². The fourth-order valence-corrected chi connectivity index (χ4v) is 3.75. The summed E-state index contributed by atoms with van der Waals surface area (Å²) < 4.78 is 19.1. The number of aliphatic hydroxyl groups excluding tert-OH is 2. The first-order valence-corrected chi connectivity index (χ1v) is 10.7. The minimum absolute atomic E-state index is 0.0536. The molecular formula is C24H25FN4O4. The molecule has 4 rings (SSSR count). The van der Waals surface area contributed by atoms with Gasteiger partial charge in [0.15, 0.2) is 0 Å². The first kappa shape index (κ1) is 22.6. The number of halogens is 1. The molecule has 0 atom stereocenters. The summed E-state index contributed by atoms with van der Waals surface area (Å²) in [6.07, 6.45) is 2.26. The number of rotatable bonds is 9. The fourth-order valence-electron chi connectivity index (χ4n) is 3.75. The number of amides is 1. The molecule has 0 aliphatic carbocycles. The highest BCUT2D eigenvalue weighted by molar-refractivity contribution is 5.96. The smallest absolute Gasteiger partial charge is 0.261 e. The number of aromatic nitrogens is 2. The average Bonchev–Trinajstić information content (AvgIpc) is 3.27. The van der Waals surface area contributed by atoms with E-state index in [9.17, 15) is 19.4 Å². The molecule has 0 radical (unpaired) electrons. The molecule has 2 aromatic carbocycles. The third kappa shape index (κ3) is 5.10. The molecule has 0 spiro atoms. The number of fused-ring (bicyclic) bond motifs is 1. The summed E-state index contributed by atoms with van der Waals surface area (Å²) in [5, 5.41) is 18.6. The zero-order valence-corrected chi connectivity index (χ0v) is 18.0. The van der Waals surface area contributed by atoms with Crippen LogP contribution in [0.5, 0.6) is 5.88 Å². The number of anilines is 2. The summed E-state index contributed by atoms with van der Waals surface area (Å²) in [6.45, 7) is 0.386. The maximum atomic E-state index is 13.2. The maximum Gasteiger partial charge on any atom is 0.261 e. The van der Waals surface area contributed by atoms with Gasteiger partial charge in [0.2, 0.25) is 11.8 Å². The number of para-hydroxylation sites is 1. The van der Waals surface area contributed by atoms with Crippen LogP contribution in [0.25, 0.3) is 0 Å². The summed E-state index contributed by atoms with van der Waals surface area (Å²) in [4.78, 5) is 25.4. The van der Waals surface area contributed by atoms with Crippen LogP contribution in [0.15, 0.2) is 54.7 Å². The normalized spacial score (nSPS) is 12.5. The molecule has 2 N–H and O–H groups in total. The molecule has 0 bridgehead atoms. The first-order chi connectivity index (χ1) is 16.1. The van der Waals surface area contributed by atoms with Gasteiger partial charge in [-0.2, -0.15) is 4.98 Å². The Balaban J connectivity index is 1.66. The fraction of sp³-hybridized carbons (Fsp3) is 0.292. The van der Waals surface area contributed by atoms with Gasteiger partial charge in [-0.05, 0) is 35.7 Å². The first-order valence-electron chi connectivity index (χ1n) is 10.7. The number of ether oxygens (including phenoxy) is 1. The monoisotopic (exact) mass is 452 g/mol. The number of carbonyl (C=O) groups excluding carboxylic acids is 1. The summed E-state index contributed by atoms with van der Waals surface area (Å²) in [6, 6.07) is 13.8. The van der Waals surface area contributed by atoms with E-state index in [-0.39, 0.29) is 50.2 Å². The molecule has 1 aliphatic heterocycles. The van der Waals surface area contributed by atoms with E-state index in [1.54, 1.807) is 12.1 Å². The van der Waals surface area contributed by atoms with Crippen LogP contribution in [0.2, 0.25) is 0 Å². The molecule has 0 fully saturated rings. The quantitative estimate of drug-likeness (QED) is 0.514. The highest BCUT2D eigenvalue weighted by atomic mass is 19.1. The Labute approximate surface area is 190 Å². The Morgan fingerprint density at radius 1 is 1.09 bits per heavy atom. The Morgan fingerprint density at radius 2 is 1.82 bits per heavy atom. The number of carbonyl (C=O) groups is 1. The SMILES string of the molecule is O=C(c1cnc(N2CCc3ccccc32)nc1OCc1ccc(F)cc1)N(CCO)CCO. The molecule has 0 saturated carbocycles. The van der Waals surface area contributed by atoms with Crippen molar-refractivity contribution in [3.8, 4) is 5.88 Å². The number of hydrogen-bond donors (Lipinski definition) is 2. The van der Waals surface area contributed by atoms with Gasteiger partial charge >= 0.3 is 0 Å². The minimum atomic E-state index is -0.458. The zero-order valence-electron chi connectivity index (χ0n) is 18.0. The zero-order chi connectivity index (χ0) is 23.2. The van der Waals surface area contributed by atoms with Gasteiger partial charge in [-0.1, -0.05) is 30.3 Å². The standard InChI is InChI=1S/C24H25FN4O4/c25-19-7-5-17(6-8-19)16-33-22-20(23(32)28(11-13-30)12-14-31)15-26-24(27-22)29-10-9-18-3-1-2-4-21(18)29/h1-8,15,30-31H,9-14,16H2. The summed E-state index contributed by atoms with van der Waals surface area (Å²) in [5.74, 6) is -0.322. The van der Waals surface area contributed by atoms with Crippen molar-refractivity contribution < 1.29 is 24.1 Å². The average molecular weight is 452 g/mol. The van der Waals surface area contributed by atoms with Crippen molar-refractivity contribution in [1.29, 1.82) is 0 Å². The van der Waals surface area contributed by atoms with Crippen molar-refractivity contribution in [2.45, 2.75) is 13.0 Å². The van der Waals surface area contributed by atoms with E-state index in [4.69, 9.17) is 4.74 Å². The summed E-state index contributed by atoms with van der Waals surface area (Å²) in [5.41, 5.74) is 3.02. The third-order valence-electron chi connectivity index (χ3n) is 5.42. The Hall–Kier alpha value is -3.56. The van der Waals surface area contributed by atoms with E-state index in [1.165, 1.54) is 28.8 Å². The molecule has 1 aromatic heterocycles. The van der Waals surface area contributed by atoms with Crippen molar-refractivity contribution in [2.24, 2.45) is 0 Å². The van der Waals surface area contributed by atoms with E-state index in [0.29, 0.717) is 18.1 Å². The molecule has 9 heteroatoms. The van der Waals surface area contributed by atoms with Crippen LogP contribution in [0.3, 0.4) is 0 Å². The summed E-state index contributed by atoms with van der Waals surface area (Å²) in [7, 11) is 0. The van der Waals surface area contributed by atoms with Gasteiger partial charge in [0.1, 0.15) is 18.0 Å². The van der Waals surface area contributed by atoms with Gasteiger partial charge in [0.25, 0.3) is 5.91 Å². The number of nitrogens with zero attached hydrogens (tertiary/aromatic N) is 4. The Bertz CT molecular complexity index is 1100. The lowest BCUT2D eigenvalue weighted by Crippen LogP contribution is -2.36. The molecule has 3 aromatic rings. The molecule has 1 aliphatic rings. The van der Waals surface area contributed by atoms with Crippen LogP contribution >= 0.6 is 0 Å². The van der Waals surface area contributed by atoms with Crippen molar-refractivity contribution in [1.82, 2.24) is 14.9 Å². The number of hydrogen-bond acceptors (Lipinski definition) is 7. The van der Waals surface area contributed by atoms with Crippen LogP contribution in [0.4, 0.5) is 16.0 Å². The molecular weight excluding hydrogens is 427 g/mol. The van der Waals surface area contributed by atoms with Crippen LogP contribution in [-0.4, -0.2) is 63.8 Å².